The van der Waals surface area contributed by atoms with E-state index in [2.05, 4.69) is 0 Å². The van der Waals surface area contributed by atoms with Crippen LogP contribution in [0.2, 0.25) is 0 Å². The second-order valence-electron chi connectivity index (χ2n) is 6.29. The van der Waals surface area contributed by atoms with Gasteiger partial charge in [-0.25, -0.2) is 4.79 Å². The molecule has 2 aromatic carbocycles. The third-order valence-electron chi connectivity index (χ3n) is 4.55. The van der Waals surface area contributed by atoms with Crippen molar-refractivity contribution < 1.29 is 23.9 Å². The number of rotatable bonds is 7. The van der Waals surface area contributed by atoms with Gasteiger partial charge in [0.15, 0.2) is 0 Å². The summed E-state index contributed by atoms with van der Waals surface area (Å²) < 4.78 is 15.9. The molecule has 0 unspecified atom stereocenters. The largest absolute Gasteiger partial charge is 0.497 e. The molecule has 1 fully saturated rings. The highest BCUT2D eigenvalue weighted by Crippen LogP contribution is 2.27. The Morgan fingerprint density at radius 1 is 1.18 bits per heavy atom. The van der Waals surface area contributed by atoms with Gasteiger partial charge in [0.1, 0.15) is 5.75 Å². The zero-order valence-corrected chi connectivity index (χ0v) is 15.6. The van der Waals surface area contributed by atoms with Crippen LogP contribution < -0.4 is 9.64 Å². The number of hydrogen-bond acceptors (Lipinski definition) is 7. The van der Waals surface area contributed by atoms with Crippen molar-refractivity contribution in [3.05, 3.63) is 63.7 Å². The van der Waals surface area contributed by atoms with E-state index in [0.717, 1.165) is 11.3 Å². The number of anilines is 1. The molecule has 8 nitrogen and oxygen atoms in total. The number of carbonyl (C=O) groups is 1. The number of nitrogens with zero attached hydrogens (tertiary/aromatic N) is 2. The van der Waals surface area contributed by atoms with Crippen molar-refractivity contribution in [3.8, 4) is 5.75 Å². The van der Waals surface area contributed by atoms with Gasteiger partial charge in [0, 0.05) is 31.6 Å². The molecule has 0 atom stereocenters. The highest BCUT2D eigenvalue weighted by atomic mass is 16.6. The van der Waals surface area contributed by atoms with E-state index in [1.807, 2.05) is 29.2 Å². The first-order chi connectivity index (χ1) is 13.6. The highest BCUT2D eigenvalue weighted by molar-refractivity contribution is 5.96. The van der Waals surface area contributed by atoms with Gasteiger partial charge in [-0.15, -0.1) is 0 Å². The Labute approximate surface area is 162 Å². The molecule has 2 aromatic rings. The number of benzene rings is 2. The molecule has 0 radical (unpaired) electrons. The monoisotopic (exact) mass is 386 g/mol. The van der Waals surface area contributed by atoms with Crippen LogP contribution in [0.4, 0.5) is 11.4 Å². The zero-order chi connectivity index (χ0) is 19.9. The van der Waals surface area contributed by atoms with Crippen molar-refractivity contribution in [2.45, 2.75) is 6.42 Å². The van der Waals surface area contributed by atoms with Crippen LogP contribution >= 0.6 is 0 Å². The fraction of sp³-hybridized carbons (Fsp3) is 0.350. The molecule has 1 saturated heterocycles. The van der Waals surface area contributed by atoms with Crippen molar-refractivity contribution in [1.82, 2.24) is 0 Å². The number of nitro benzene ring substituents is 1. The van der Waals surface area contributed by atoms with Gasteiger partial charge in [-0.2, -0.15) is 0 Å². The molecule has 28 heavy (non-hydrogen) atoms. The van der Waals surface area contributed by atoms with Crippen LogP contribution in [-0.4, -0.2) is 50.9 Å². The van der Waals surface area contributed by atoms with Crippen LogP contribution in [0.1, 0.15) is 15.9 Å². The summed E-state index contributed by atoms with van der Waals surface area (Å²) in [6.45, 7) is 2.50. The van der Waals surface area contributed by atoms with Gasteiger partial charge in [0.05, 0.1) is 43.1 Å². The second-order valence-corrected chi connectivity index (χ2v) is 6.29. The molecule has 0 bridgehead atoms. The molecule has 8 heteroatoms. The van der Waals surface area contributed by atoms with Crippen LogP contribution in [0.15, 0.2) is 42.5 Å². The maximum absolute atomic E-state index is 12.7. The minimum atomic E-state index is -0.571. The summed E-state index contributed by atoms with van der Waals surface area (Å²) in [7, 11) is 1.60. The lowest BCUT2D eigenvalue weighted by Crippen LogP contribution is -2.37. The Hall–Kier alpha value is -3.13. The van der Waals surface area contributed by atoms with Crippen LogP contribution in [0.5, 0.6) is 5.75 Å². The number of ether oxygens (including phenoxy) is 3. The quantitative estimate of drug-likeness (QED) is 0.410. The Balaban J connectivity index is 1.70. The van der Waals surface area contributed by atoms with E-state index in [9.17, 15) is 14.9 Å². The minimum absolute atomic E-state index is 0.140. The van der Waals surface area contributed by atoms with E-state index in [-0.39, 0.29) is 17.9 Å². The maximum Gasteiger partial charge on any atom is 0.340 e. The summed E-state index contributed by atoms with van der Waals surface area (Å²) in [6.07, 6.45) is 0.539. The second kappa shape index (κ2) is 9.18. The molecule has 0 aromatic heterocycles. The minimum Gasteiger partial charge on any atom is -0.497 e. The van der Waals surface area contributed by atoms with Gasteiger partial charge in [0.2, 0.25) is 0 Å². The Kier molecular flexibility index (Phi) is 6.44. The van der Waals surface area contributed by atoms with Crippen molar-refractivity contribution in [2.75, 3.05) is 44.9 Å². The maximum atomic E-state index is 12.7. The topological polar surface area (TPSA) is 91.1 Å². The first kappa shape index (κ1) is 19.6. The van der Waals surface area contributed by atoms with Crippen LogP contribution in [0, 0.1) is 10.1 Å². The normalized spacial score (nSPS) is 13.8. The molecule has 3 rings (SSSR count). The van der Waals surface area contributed by atoms with Crippen LogP contribution in [0.3, 0.4) is 0 Å². The molecule has 0 N–H and O–H groups in total. The van der Waals surface area contributed by atoms with E-state index >= 15 is 0 Å². The number of nitro groups is 1. The number of hydrogen-bond donors (Lipinski definition) is 0. The van der Waals surface area contributed by atoms with Crippen molar-refractivity contribution in [3.63, 3.8) is 0 Å². The summed E-state index contributed by atoms with van der Waals surface area (Å²) in [5, 5.41) is 11.1. The van der Waals surface area contributed by atoms with Gasteiger partial charge in [0.25, 0.3) is 5.69 Å². The molecule has 148 valence electrons. The molecule has 1 aliphatic heterocycles. The van der Waals surface area contributed by atoms with Crippen LogP contribution in [0.25, 0.3) is 0 Å². The Morgan fingerprint density at radius 3 is 2.54 bits per heavy atom. The van der Waals surface area contributed by atoms with E-state index in [1.54, 1.807) is 13.2 Å². The van der Waals surface area contributed by atoms with E-state index in [4.69, 9.17) is 14.2 Å². The fourth-order valence-corrected chi connectivity index (χ4v) is 3.01. The Bertz CT molecular complexity index is 831. The zero-order valence-electron chi connectivity index (χ0n) is 15.6. The van der Waals surface area contributed by atoms with Gasteiger partial charge in [-0.05, 0) is 23.8 Å². The third-order valence-corrected chi connectivity index (χ3v) is 4.55. The smallest absolute Gasteiger partial charge is 0.340 e. The number of methoxy groups -OCH3 is 1. The Morgan fingerprint density at radius 2 is 1.89 bits per heavy atom. The molecule has 0 aliphatic carbocycles. The summed E-state index contributed by atoms with van der Waals surface area (Å²) in [4.78, 5) is 25.2. The number of morpholine rings is 1. The molecule has 0 saturated carbocycles. The number of non-ortho nitro benzene ring substituents is 1. The third kappa shape index (κ3) is 4.77. The predicted octanol–water partition coefficient (Wildman–Crippen LogP) is 2.84. The lowest BCUT2D eigenvalue weighted by atomic mass is 10.1. The number of esters is 1. The molecule has 1 heterocycles. The molecular formula is C20H22N2O6. The molecule has 1 aliphatic rings. The van der Waals surface area contributed by atoms with E-state index in [0.29, 0.717) is 38.4 Å². The lowest BCUT2D eigenvalue weighted by Gasteiger charge is -2.30. The first-order valence-electron chi connectivity index (χ1n) is 8.99. The van der Waals surface area contributed by atoms with Gasteiger partial charge in [-0.1, -0.05) is 12.1 Å². The number of carbonyl (C=O) groups excluding carboxylic acids is 1. The predicted molar refractivity (Wildman–Crippen MR) is 103 cm³/mol. The fourth-order valence-electron chi connectivity index (χ4n) is 3.01. The summed E-state index contributed by atoms with van der Waals surface area (Å²) >= 11 is 0. The molecule has 0 amide bonds. The molecule has 0 spiro atoms. The average molecular weight is 386 g/mol. The van der Waals surface area contributed by atoms with Crippen LogP contribution in [-0.2, 0) is 15.9 Å². The summed E-state index contributed by atoms with van der Waals surface area (Å²) in [6, 6.07) is 11.8. The summed E-state index contributed by atoms with van der Waals surface area (Å²) in [5.74, 6) is 0.186. The molecular weight excluding hydrogens is 364 g/mol. The standard InChI is InChI=1S/C20H22N2O6/c1-26-17-5-2-15(3-6-17)8-11-28-20(23)18-14-16(22(24)25)4-7-19(18)21-9-12-27-13-10-21/h2-7,14H,8-13H2,1H3. The van der Waals surface area contributed by atoms with Crippen molar-refractivity contribution in [2.24, 2.45) is 0 Å². The van der Waals surface area contributed by atoms with E-state index in [1.165, 1.54) is 12.1 Å². The van der Waals surface area contributed by atoms with Gasteiger partial charge in [-0.3, -0.25) is 10.1 Å². The lowest BCUT2D eigenvalue weighted by molar-refractivity contribution is -0.384. The van der Waals surface area contributed by atoms with Crippen molar-refractivity contribution >= 4 is 17.3 Å². The van der Waals surface area contributed by atoms with Gasteiger partial charge >= 0.3 is 5.97 Å². The highest BCUT2D eigenvalue weighted by Gasteiger charge is 2.23. The first-order valence-corrected chi connectivity index (χ1v) is 8.99. The van der Waals surface area contributed by atoms with Crippen molar-refractivity contribution in [1.29, 1.82) is 0 Å². The average Bonchev–Trinajstić information content (AvgIpc) is 2.74. The summed E-state index contributed by atoms with van der Waals surface area (Å²) in [5.41, 5.74) is 1.69. The van der Waals surface area contributed by atoms with Gasteiger partial charge < -0.3 is 19.1 Å². The SMILES string of the molecule is COc1ccc(CCOC(=O)c2cc([N+](=O)[O-])ccc2N2CCOCC2)cc1. The van der Waals surface area contributed by atoms with E-state index < -0.39 is 10.9 Å².